The van der Waals surface area contributed by atoms with Crippen molar-refractivity contribution >= 4 is 0 Å². The monoisotopic (exact) mass is 169 g/mol. The van der Waals surface area contributed by atoms with Crippen molar-refractivity contribution in [3.8, 4) is 0 Å². The summed E-state index contributed by atoms with van der Waals surface area (Å²) in [5, 5.41) is 13.6. The summed E-state index contributed by atoms with van der Waals surface area (Å²) in [6, 6.07) is 0. The molecule has 2 atom stereocenters. The Morgan fingerprint density at radius 2 is 2.42 bits per heavy atom. The fourth-order valence-corrected chi connectivity index (χ4v) is 1.05. The second kappa shape index (κ2) is 3.69. The van der Waals surface area contributed by atoms with Crippen molar-refractivity contribution in [2.75, 3.05) is 6.54 Å². The molecule has 0 radical (unpaired) electrons. The lowest BCUT2D eigenvalue weighted by atomic mass is 10.0. The van der Waals surface area contributed by atoms with Crippen LogP contribution in [0.3, 0.4) is 0 Å². The number of hydrogen-bond acceptors (Lipinski definition) is 3. The minimum absolute atomic E-state index is 0.0780. The Hall–Kier alpha value is -0.870. The highest BCUT2D eigenvalue weighted by atomic mass is 16.3. The van der Waals surface area contributed by atoms with E-state index < -0.39 is 6.10 Å². The van der Waals surface area contributed by atoms with E-state index in [4.69, 9.17) is 5.73 Å². The SMILES string of the molecule is CC(CN)C(O)c1cnn(C)c1. The summed E-state index contributed by atoms with van der Waals surface area (Å²) >= 11 is 0. The van der Waals surface area contributed by atoms with Gasteiger partial charge in [0.1, 0.15) is 0 Å². The molecule has 1 heterocycles. The van der Waals surface area contributed by atoms with E-state index in [2.05, 4.69) is 5.10 Å². The molecule has 0 bridgehead atoms. The molecule has 0 saturated carbocycles. The van der Waals surface area contributed by atoms with Gasteiger partial charge in [0.25, 0.3) is 0 Å². The summed E-state index contributed by atoms with van der Waals surface area (Å²) in [6.07, 6.45) is 2.97. The molecule has 0 aliphatic carbocycles. The van der Waals surface area contributed by atoms with Gasteiger partial charge in [0.05, 0.1) is 12.3 Å². The molecule has 0 saturated heterocycles. The second-order valence-corrected chi connectivity index (χ2v) is 3.11. The highest BCUT2D eigenvalue weighted by Gasteiger charge is 2.15. The first-order valence-electron chi connectivity index (χ1n) is 4.02. The van der Waals surface area contributed by atoms with E-state index in [1.807, 2.05) is 14.0 Å². The van der Waals surface area contributed by atoms with E-state index in [-0.39, 0.29) is 5.92 Å². The molecule has 0 aromatic carbocycles. The fraction of sp³-hybridized carbons (Fsp3) is 0.625. The Morgan fingerprint density at radius 3 is 2.83 bits per heavy atom. The van der Waals surface area contributed by atoms with Gasteiger partial charge in [-0.25, -0.2) is 0 Å². The average molecular weight is 169 g/mol. The van der Waals surface area contributed by atoms with Crippen LogP contribution in [-0.2, 0) is 7.05 Å². The maximum absolute atomic E-state index is 9.67. The zero-order valence-electron chi connectivity index (χ0n) is 7.44. The van der Waals surface area contributed by atoms with Crippen molar-refractivity contribution in [3.05, 3.63) is 18.0 Å². The van der Waals surface area contributed by atoms with E-state index in [1.165, 1.54) is 0 Å². The van der Waals surface area contributed by atoms with Gasteiger partial charge in [-0.1, -0.05) is 6.92 Å². The normalized spacial score (nSPS) is 16.0. The topological polar surface area (TPSA) is 64.1 Å². The zero-order chi connectivity index (χ0) is 9.14. The van der Waals surface area contributed by atoms with Crippen LogP contribution >= 0.6 is 0 Å². The number of hydrogen-bond donors (Lipinski definition) is 2. The van der Waals surface area contributed by atoms with Crippen molar-refractivity contribution in [1.29, 1.82) is 0 Å². The van der Waals surface area contributed by atoms with Crippen LogP contribution in [0.5, 0.6) is 0 Å². The number of aromatic nitrogens is 2. The molecule has 1 aromatic heterocycles. The average Bonchev–Trinajstić information content (AvgIpc) is 2.49. The molecule has 12 heavy (non-hydrogen) atoms. The predicted octanol–water partition coefficient (Wildman–Crippen LogP) is 0.0483. The van der Waals surface area contributed by atoms with Gasteiger partial charge in [0, 0.05) is 18.8 Å². The lowest BCUT2D eigenvalue weighted by Crippen LogP contribution is -2.18. The number of aliphatic hydroxyl groups excluding tert-OH is 1. The summed E-state index contributed by atoms with van der Waals surface area (Å²) in [5.41, 5.74) is 6.26. The Bertz CT molecular complexity index is 246. The first-order valence-corrected chi connectivity index (χ1v) is 4.02. The van der Waals surface area contributed by atoms with Crippen molar-refractivity contribution in [3.63, 3.8) is 0 Å². The Morgan fingerprint density at radius 1 is 1.75 bits per heavy atom. The molecule has 68 valence electrons. The summed E-state index contributed by atoms with van der Waals surface area (Å²) in [4.78, 5) is 0. The summed E-state index contributed by atoms with van der Waals surface area (Å²) in [7, 11) is 1.82. The zero-order valence-corrected chi connectivity index (χ0v) is 7.44. The summed E-state index contributed by atoms with van der Waals surface area (Å²) < 4.78 is 1.67. The second-order valence-electron chi connectivity index (χ2n) is 3.11. The van der Waals surface area contributed by atoms with Crippen LogP contribution < -0.4 is 5.73 Å². The van der Waals surface area contributed by atoms with Gasteiger partial charge in [0.15, 0.2) is 0 Å². The van der Waals surface area contributed by atoms with Crippen LogP contribution in [0.4, 0.5) is 0 Å². The minimum atomic E-state index is -0.497. The third-order valence-corrected chi connectivity index (χ3v) is 1.98. The maximum atomic E-state index is 9.67. The van der Waals surface area contributed by atoms with Crippen molar-refractivity contribution in [2.24, 2.45) is 18.7 Å². The lowest BCUT2D eigenvalue weighted by molar-refractivity contribution is 0.121. The van der Waals surface area contributed by atoms with Crippen LogP contribution in [0.25, 0.3) is 0 Å². The van der Waals surface area contributed by atoms with E-state index in [0.29, 0.717) is 6.54 Å². The molecule has 1 aromatic rings. The maximum Gasteiger partial charge on any atom is 0.0858 e. The van der Waals surface area contributed by atoms with Gasteiger partial charge in [-0.2, -0.15) is 5.10 Å². The Kier molecular flexibility index (Phi) is 2.83. The van der Waals surface area contributed by atoms with Crippen LogP contribution in [0, 0.1) is 5.92 Å². The largest absolute Gasteiger partial charge is 0.388 e. The molecule has 0 amide bonds. The number of nitrogens with zero attached hydrogens (tertiary/aromatic N) is 2. The van der Waals surface area contributed by atoms with Crippen LogP contribution in [0.2, 0.25) is 0 Å². The van der Waals surface area contributed by atoms with Gasteiger partial charge in [-0.05, 0) is 12.5 Å². The molecule has 1 rings (SSSR count). The number of nitrogens with two attached hydrogens (primary N) is 1. The smallest absolute Gasteiger partial charge is 0.0858 e. The molecule has 0 aliphatic rings. The van der Waals surface area contributed by atoms with Gasteiger partial charge in [-0.15, -0.1) is 0 Å². The highest BCUT2D eigenvalue weighted by molar-refractivity contribution is 5.08. The first kappa shape index (κ1) is 9.22. The number of aryl methyl sites for hydroxylation is 1. The predicted molar refractivity (Wildman–Crippen MR) is 46.4 cm³/mol. The lowest BCUT2D eigenvalue weighted by Gasteiger charge is -2.14. The molecule has 3 N–H and O–H groups in total. The summed E-state index contributed by atoms with van der Waals surface area (Å²) in [6.45, 7) is 2.40. The molecule has 4 heteroatoms. The highest BCUT2D eigenvalue weighted by Crippen LogP contribution is 2.19. The third kappa shape index (κ3) is 1.84. The van der Waals surface area contributed by atoms with Gasteiger partial charge in [0.2, 0.25) is 0 Å². The van der Waals surface area contributed by atoms with E-state index in [0.717, 1.165) is 5.56 Å². The quantitative estimate of drug-likeness (QED) is 0.672. The van der Waals surface area contributed by atoms with Crippen molar-refractivity contribution in [2.45, 2.75) is 13.0 Å². The van der Waals surface area contributed by atoms with E-state index in [9.17, 15) is 5.11 Å². The molecule has 2 unspecified atom stereocenters. The Balaban J connectivity index is 2.70. The molecular weight excluding hydrogens is 154 g/mol. The van der Waals surface area contributed by atoms with Crippen LogP contribution in [0.15, 0.2) is 12.4 Å². The minimum Gasteiger partial charge on any atom is -0.388 e. The van der Waals surface area contributed by atoms with Gasteiger partial charge in [-0.3, -0.25) is 4.68 Å². The van der Waals surface area contributed by atoms with Crippen LogP contribution in [-0.4, -0.2) is 21.4 Å². The molecule has 4 nitrogen and oxygen atoms in total. The number of rotatable bonds is 3. The molecular formula is C8H15N3O. The molecule has 0 fully saturated rings. The first-order chi connectivity index (χ1) is 5.65. The van der Waals surface area contributed by atoms with Crippen LogP contribution in [0.1, 0.15) is 18.6 Å². The molecule has 0 aliphatic heterocycles. The van der Waals surface area contributed by atoms with E-state index >= 15 is 0 Å². The summed E-state index contributed by atoms with van der Waals surface area (Å²) in [5.74, 6) is 0.0780. The van der Waals surface area contributed by atoms with Crippen molar-refractivity contribution in [1.82, 2.24) is 9.78 Å². The Labute approximate surface area is 72.0 Å². The van der Waals surface area contributed by atoms with Gasteiger partial charge < -0.3 is 10.8 Å². The standard InChI is InChI=1S/C8H15N3O/c1-6(3-9)8(12)7-4-10-11(2)5-7/h4-6,8,12H,3,9H2,1-2H3. The van der Waals surface area contributed by atoms with E-state index in [1.54, 1.807) is 17.1 Å². The number of aliphatic hydroxyl groups is 1. The van der Waals surface area contributed by atoms with Gasteiger partial charge >= 0.3 is 0 Å². The third-order valence-electron chi connectivity index (χ3n) is 1.98. The van der Waals surface area contributed by atoms with Crippen molar-refractivity contribution < 1.29 is 5.11 Å². The molecule has 0 spiro atoms. The fourth-order valence-electron chi connectivity index (χ4n) is 1.05.